The molecule has 1 unspecified atom stereocenters. The number of aromatic nitrogens is 4. The number of nitrogens with zero attached hydrogens (tertiary/aromatic N) is 5. The highest BCUT2D eigenvalue weighted by molar-refractivity contribution is 7.99. The second kappa shape index (κ2) is 8.14. The van der Waals surface area contributed by atoms with Gasteiger partial charge in [-0.15, -0.1) is 0 Å². The van der Waals surface area contributed by atoms with Crippen molar-refractivity contribution in [3.63, 3.8) is 0 Å². The van der Waals surface area contributed by atoms with Crippen LogP contribution in [0.3, 0.4) is 0 Å². The predicted molar refractivity (Wildman–Crippen MR) is 111 cm³/mol. The molecule has 0 saturated carbocycles. The number of hydrogen-bond acceptors (Lipinski definition) is 5. The number of amides is 1. The van der Waals surface area contributed by atoms with Crippen LogP contribution in [0.4, 0.5) is 0 Å². The number of carbonyl (C=O) groups excluding carboxylic acids is 1. The maximum absolute atomic E-state index is 12.8. The Balaban J connectivity index is 1.95. The van der Waals surface area contributed by atoms with Gasteiger partial charge in [0, 0.05) is 32.7 Å². The van der Waals surface area contributed by atoms with Crippen LogP contribution in [-0.2, 0) is 18.9 Å². The van der Waals surface area contributed by atoms with E-state index >= 15 is 0 Å². The summed E-state index contributed by atoms with van der Waals surface area (Å²) in [6.45, 7) is 6.87. The summed E-state index contributed by atoms with van der Waals surface area (Å²) in [6, 6.07) is 0.296. The smallest absolute Gasteiger partial charge is 0.332 e. The molecular formula is C19H29N5O3S. The van der Waals surface area contributed by atoms with Gasteiger partial charge in [0.15, 0.2) is 16.3 Å². The van der Waals surface area contributed by atoms with Gasteiger partial charge in [-0.25, -0.2) is 9.78 Å². The fourth-order valence-electron chi connectivity index (χ4n) is 3.94. The molecule has 1 amide bonds. The van der Waals surface area contributed by atoms with Gasteiger partial charge in [0.2, 0.25) is 5.91 Å². The van der Waals surface area contributed by atoms with E-state index < -0.39 is 5.69 Å². The van der Waals surface area contributed by atoms with Crippen molar-refractivity contribution in [2.24, 2.45) is 14.1 Å². The topological polar surface area (TPSA) is 82.1 Å². The second-order valence-electron chi connectivity index (χ2n) is 7.67. The lowest BCUT2D eigenvalue weighted by Gasteiger charge is -2.35. The van der Waals surface area contributed by atoms with Crippen LogP contribution in [0.5, 0.6) is 0 Å². The van der Waals surface area contributed by atoms with Gasteiger partial charge in [0.25, 0.3) is 5.56 Å². The first-order valence-electron chi connectivity index (χ1n) is 9.88. The molecule has 3 rings (SSSR count). The van der Waals surface area contributed by atoms with Crippen molar-refractivity contribution < 1.29 is 4.79 Å². The van der Waals surface area contributed by atoms with Gasteiger partial charge in [-0.3, -0.25) is 18.7 Å². The van der Waals surface area contributed by atoms with Crippen molar-refractivity contribution in [3.8, 4) is 0 Å². The fraction of sp³-hybridized carbons (Fsp3) is 0.684. The molecule has 0 aromatic carbocycles. The Labute approximate surface area is 168 Å². The zero-order valence-electron chi connectivity index (χ0n) is 17.3. The summed E-state index contributed by atoms with van der Waals surface area (Å²) < 4.78 is 4.32. The van der Waals surface area contributed by atoms with E-state index in [0.29, 0.717) is 22.4 Å². The highest BCUT2D eigenvalue weighted by Gasteiger charge is 2.27. The number of fused-ring (bicyclic) bond motifs is 1. The zero-order chi connectivity index (χ0) is 20.6. The number of carbonyl (C=O) groups is 1. The van der Waals surface area contributed by atoms with Gasteiger partial charge < -0.3 is 9.47 Å². The first-order chi connectivity index (χ1) is 13.3. The van der Waals surface area contributed by atoms with Gasteiger partial charge in [0.05, 0.1) is 5.75 Å². The highest BCUT2D eigenvalue weighted by Crippen LogP contribution is 2.27. The molecular weight excluding hydrogens is 378 g/mol. The highest BCUT2D eigenvalue weighted by atomic mass is 32.2. The molecule has 28 heavy (non-hydrogen) atoms. The molecule has 1 fully saturated rings. The lowest BCUT2D eigenvalue weighted by Crippen LogP contribution is -2.44. The number of aryl methyl sites for hydroxylation is 1. The number of thioether (sulfide) groups is 1. The minimum absolute atomic E-state index is 0.0221. The Kier molecular flexibility index (Phi) is 6.02. The lowest BCUT2D eigenvalue weighted by atomic mass is 10.0. The Morgan fingerprint density at radius 1 is 1.21 bits per heavy atom. The molecule has 2 aromatic heterocycles. The molecule has 1 saturated heterocycles. The van der Waals surface area contributed by atoms with Crippen molar-refractivity contribution in [3.05, 3.63) is 20.8 Å². The molecule has 154 valence electrons. The van der Waals surface area contributed by atoms with Gasteiger partial charge in [-0.05, 0) is 39.5 Å². The summed E-state index contributed by atoms with van der Waals surface area (Å²) in [7, 11) is 3.08. The van der Waals surface area contributed by atoms with Crippen LogP contribution in [0.1, 0.15) is 52.5 Å². The average molecular weight is 408 g/mol. The number of hydrogen-bond donors (Lipinski definition) is 0. The minimum Gasteiger partial charge on any atom is -0.339 e. The molecule has 1 aliphatic heterocycles. The first kappa shape index (κ1) is 20.7. The van der Waals surface area contributed by atoms with E-state index in [-0.39, 0.29) is 23.3 Å². The summed E-state index contributed by atoms with van der Waals surface area (Å²) in [5.41, 5.74) is -0.00250. The lowest BCUT2D eigenvalue weighted by molar-refractivity contribution is -0.132. The summed E-state index contributed by atoms with van der Waals surface area (Å²) in [5.74, 6) is 0.390. The number of rotatable bonds is 5. The number of imidazole rings is 1. The largest absolute Gasteiger partial charge is 0.339 e. The van der Waals surface area contributed by atoms with Crippen LogP contribution in [0.2, 0.25) is 0 Å². The van der Waals surface area contributed by atoms with Crippen LogP contribution in [-0.4, -0.2) is 47.8 Å². The first-order valence-corrected chi connectivity index (χ1v) is 10.9. The van der Waals surface area contributed by atoms with Gasteiger partial charge in [-0.2, -0.15) is 0 Å². The third kappa shape index (κ3) is 3.52. The van der Waals surface area contributed by atoms with E-state index in [4.69, 9.17) is 0 Å². The van der Waals surface area contributed by atoms with Crippen LogP contribution < -0.4 is 11.2 Å². The zero-order valence-corrected chi connectivity index (χ0v) is 18.1. The SMILES string of the molecule is CCC1CCCCN1C(=O)CSc1nc2c(c(=O)n(C)c(=O)n2C)n1C(C)C. The molecule has 0 radical (unpaired) electrons. The van der Waals surface area contributed by atoms with Crippen LogP contribution >= 0.6 is 11.8 Å². The molecule has 1 aliphatic rings. The van der Waals surface area contributed by atoms with E-state index in [0.717, 1.165) is 30.4 Å². The van der Waals surface area contributed by atoms with E-state index in [9.17, 15) is 14.4 Å². The normalized spacial score (nSPS) is 17.6. The van der Waals surface area contributed by atoms with Crippen molar-refractivity contribution in [1.82, 2.24) is 23.6 Å². The monoisotopic (exact) mass is 407 g/mol. The van der Waals surface area contributed by atoms with E-state index in [2.05, 4.69) is 11.9 Å². The molecule has 3 heterocycles. The standard InChI is InChI=1S/C19H29N5O3S/c1-6-13-9-7-8-10-23(13)14(25)11-28-18-20-16-15(24(18)12(2)3)17(26)22(5)19(27)21(16)4/h12-13H,6-11H2,1-5H3. The predicted octanol–water partition coefficient (Wildman–Crippen LogP) is 1.90. The van der Waals surface area contributed by atoms with E-state index in [1.807, 2.05) is 23.3 Å². The second-order valence-corrected chi connectivity index (χ2v) is 8.61. The van der Waals surface area contributed by atoms with Crippen LogP contribution in [0, 0.1) is 0 Å². The quantitative estimate of drug-likeness (QED) is 0.707. The molecule has 0 spiro atoms. The maximum atomic E-state index is 12.8. The molecule has 0 bridgehead atoms. The Morgan fingerprint density at radius 3 is 2.57 bits per heavy atom. The van der Waals surface area contributed by atoms with Gasteiger partial charge in [-0.1, -0.05) is 18.7 Å². The summed E-state index contributed by atoms with van der Waals surface area (Å²) in [4.78, 5) is 44.3. The van der Waals surface area contributed by atoms with Crippen LogP contribution in [0.15, 0.2) is 14.7 Å². The van der Waals surface area contributed by atoms with Crippen molar-refractivity contribution in [2.75, 3.05) is 12.3 Å². The van der Waals surface area contributed by atoms with E-state index in [1.54, 1.807) is 7.05 Å². The summed E-state index contributed by atoms with van der Waals surface area (Å²) in [6.07, 6.45) is 4.26. The van der Waals surface area contributed by atoms with Gasteiger partial charge in [0.1, 0.15) is 0 Å². The third-order valence-corrected chi connectivity index (χ3v) is 6.46. The van der Waals surface area contributed by atoms with E-state index in [1.165, 1.54) is 29.8 Å². The molecule has 9 heteroatoms. The molecule has 2 aromatic rings. The van der Waals surface area contributed by atoms with Crippen molar-refractivity contribution in [1.29, 1.82) is 0 Å². The summed E-state index contributed by atoms with van der Waals surface area (Å²) in [5, 5.41) is 0.599. The molecule has 0 aliphatic carbocycles. The van der Waals surface area contributed by atoms with Crippen molar-refractivity contribution >= 4 is 28.8 Å². The third-order valence-electron chi connectivity index (χ3n) is 5.52. The Morgan fingerprint density at radius 2 is 1.93 bits per heavy atom. The molecule has 8 nitrogen and oxygen atoms in total. The summed E-state index contributed by atoms with van der Waals surface area (Å²) >= 11 is 1.34. The Hall–Kier alpha value is -2.03. The number of likely N-dealkylation sites (tertiary alicyclic amines) is 1. The van der Waals surface area contributed by atoms with Crippen molar-refractivity contribution in [2.45, 2.75) is 63.7 Å². The minimum atomic E-state index is -0.405. The molecule has 1 atom stereocenters. The maximum Gasteiger partial charge on any atom is 0.332 e. The fourth-order valence-corrected chi connectivity index (χ4v) is 4.95. The molecule has 0 N–H and O–H groups in total. The van der Waals surface area contributed by atoms with Crippen LogP contribution in [0.25, 0.3) is 11.2 Å². The van der Waals surface area contributed by atoms with Gasteiger partial charge >= 0.3 is 5.69 Å². The number of piperidine rings is 1. The Bertz CT molecular complexity index is 1000. The average Bonchev–Trinajstić information content (AvgIpc) is 3.08.